The van der Waals surface area contributed by atoms with Gasteiger partial charge in [0.2, 0.25) is 10.0 Å². The lowest BCUT2D eigenvalue weighted by Crippen LogP contribution is -2.36. The first kappa shape index (κ1) is 17.3. The van der Waals surface area contributed by atoms with Gasteiger partial charge in [-0.1, -0.05) is 26.0 Å². The minimum absolute atomic E-state index is 0.00690. The van der Waals surface area contributed by atoms with Gasteiger partial charge in [0.15, 0.2) is 5.78 Å². The molecule has 0 aromatic heterocycles. The third kappa shape index (κ3) is 4.12. The normalized spacial score (nSPS) is 11.4. The number of ketones is 1. The second-order valence-electron chi connectivity index (χ2n) is 4.31. The molecule has 0 aliphatic rings. The molecular weight excluding hydrogens is 294 g/mol. The minimum Gasteiger partial charge on any atom is -0.468 e. The molecule has 0 bridgehead atoms. The van der Waals surface area contributed by atoms with Crippen molar-refractivity contribution in [2.75, 3.05) is 20.2 Å². The fraction of sp³-hybridized carbons (Fsp3) is 0.429. The molecule has 0 amide bonds. The van der Waals surface area contributed by atoms with Crippen LogP contribution in [0.1, 0.15) is 30.6 Å². The van der Waals surface area contributed by atoms with E-state index in [9.17, 15) is 18.0 Å². The average molecular weight is 313 g/mol. The van der Waals surface area contributed by atoms with Crippen molar-refractivity contribution < 1.29 is 22.7 Å². The molecule has 0 fully saturated rings. The van der Waals surface area contributed by atoms with Gasteiger partial charge in [0.05, 0.1) is 12.0 Å². The number of carbonyl (C=O) groups excluding carboxylic acids is 2. The van der Waals surface area contributed by atoms with Gasteiger partial charge in [0.1, 0.15) is 6.54 Å². The molecule has 6 nitrogen and oxygen atoms in total. The minimum atomic E-state index is -3.84. The number of likely N-dealkylation sites (N-methyl/N-ethyl adjacent to an activating group) is 1. The quantitative estimate of drug-likeness (QED) is 0.562. The smallest absolute Gasteiger partial charge is 0.321 e. The third-order valence-corrected chi connectivity index (χ3v) is 4.92. The van der Waals surface area contributed by atoms with Gasteiger partial charge in [-0.2, -0.15) is 4.31 Å². The van der Waals surface area contributed by atoms with E-state index in [0.29, 0.717) is 12.0 Å². The standard InChI is InChI=1S/C14H19NO5S/c1-4-13(16)11-7-6-8-12(9-11)21(18,19)15(5-2)10-14(17)20-3/h6-9H,4-5,10H2,1-3H3. The van der Waals surface area contributed by atoms with Crippen molar-refractivity contribution in [2.45, 2.75) is 25.2 Å². The molecule has 0 aliphatic heterocycles. The highest BCUT2D eigenvalue weighted by Gasteiger charge is 2.26. The molecule has 0 atom stereocenters. The maximum absolute atomic E-state index is 12.5. The lowest BCUT2D eigenvalue weighted by molar-refractivity contribution is -0.140. The molecule has 0 heterocycles. The second kappa shape index (κ2) is 7.33. The molecule has 0 radical (unpaired) electrons. The van der Waals surface area contributed by atoms with Crippen LogP contribution in [0.2, 0.25) is 0 Å². The van der Waals surface area contributed by atoms with Crippen LogP contribution in [-0.2, 0) is 19.6 Å². The van der Waals surface area contributed by atoms with Crippen molar-refractivity contribution >= 4 is 21.8 Å². The molecular formula is C14H19NO5S. The molecule has 0 saturated carbocycles. The highest BCUT2D eigenvalue weighted by Crippen LogP contribution is 2.18. The summed E-state index contributed by atoms with van der Waals surface area (Å²) in [5, 5.41) is 0. The van der Waals surface area contributed by atoms with E-state index in [1.165, 1.54) is 25.3 Å². The summed E-state index contributed by atoms with van der Waals surface area (Å²) in [5.41, 5.74) is 0.340. The first-order valence-corrected chi connectivity index (χ1v) is 8.01. The summed E-state index contributed by atoms with van der Waals surface area (Å²) in [6, 6.07) is 5.83. The summed E-state index contributed by atoms with van der Waals surface area (Å²) < 4.78 is 30.5. The number of nitrogens with zero attached hydrogens (tertiary/aromatic N) is 1. The Hall–Kier alpha value is -1.73. The molecule has 1 aromatic carbocycles. The van der Waals surface area contributed by atoms with Crippen molar-refractivity contribution in [1.82, 2.24) is 4.31 Å². The molecule has 0 saturated heterocycles. The Morgan fingerprint density at radius 1 is 1.24 bits per heavy atom. The van der Waals surface area contributed by atoms with Gasteiger partial charge < -0.3 is 4.74 Å². The zero-order chi connectivity index (χ0) is 16.0. The van der Waals surface area contributed by atoms with Crippen LogP contribution >= 0.6 is 0 Å². The number of rotatable bonds is 7. The zero-order valence-corrected chi connectivity index (χ0v) is 13.1. The summed E-state index contributed by atoms with van der Waals surface area (Å²) in [6.45, 7) is 3.10. The molecule has 0 N–H and O–H groups in total. The Bertz CT molecular complexity index is 624. The Balaban J connectivity index is 3.16. The van der Waals surface area contributed by atoms with E-state index < -0.39 is 16.0 Å². The molecule has 1 rings (SSSR count). The average Bonchev–Trinajstić information content (AvgIpc) is 2.51. The molecule has 0 aliphatic carbocycles. The summed E-state index contributed by atoms with van der Waals surface area (Å²) in [7, 11) is -2.64. The van der Waals surface area contributed by atoms with Crippen LogP contribution in [0.15, 0.2) is 29.2 Å². The lowest BCUT2D eigenvalue weighted by atomic mass is 10.1. The van der Waals surface area contributed by atoms with Gasteiger partial charge in [-0.15, -0.1) is 0 Å². The number of hydrogen-bond acceptors (Lipinski definition) is 5. The van der Waals surface area contributed by atoms with Crippen LogP contribution in [0.5, 0.6) is 0 Å². The van der Waals surface area contributed by atoms with Crippen LogP contribution in [0.25, 0.3) is 0 Å². The number of sulfonamides is 1. The van der Waals surface area contributed by atoms with Gasteiger partial charge in [-0.25, -0.2) is 8.42 Å². The Morgan fingerprint density at radius 2 is 1.90 bits per heavy atom. The number of hydrogen-bond donors (Lipinski definition) is 0. The van der Waals surface area contributed by atoms with Gasteiger partial charge in [-0.05, 0) is 12.1 Å². The lowest BCUT2D eigenvalue weighted by Gasteiger charge is -2.19. The predicted molar refractivity (Wildman–Crippen MR) is 77.5 cm³/mol. The van der Waals surface area contributed by atoms with Crippen LogP contribution in [-0.4, -0.2) is 44.7 Å². The Labute approximate surface area is 124 Å². The van der Waals surface area contributed by atoms with Crippen LogP contribution < -0.4 is 0 Å². The molecule has 0 spiro atoms. The van der Waals surface area contributed by atoms with E-state index in [-0.39, 0.29) is 23.8 Å². The zero-order valence-electron chi connectivity index (χ0n) is 12.3. The van der Waals surface area contributed by atoms with E-state index in [2.05, 4.69) is 4.74 Å². The summed E-state index contributed by atoms with van der Waals surface area (Å²) in [5.74, 6) is -0.774. The first-order valence-electron chi connectivity index (χ1n) is 6.57. The fourth-order valence-corrected chi connectivity index (χ4v) is 3.20. The molecule has 21 heavy (non-hydrogen) atoms. The number of ether oxygens (including phenoxy) is 1. The fourth-order valence-electron chi connectivity index (χ4n) is 1.76. The molecule has 0 unspecified atom stereocenters. The predicted octanol–water partition coefficient (Wildman–Crippen LogP) is 1.46. The van der Waals surface area contributed by atoms with Gasteiger partial charge in [0, 0.05) is 18.5 Å². The topological polar surface area (TPSA) is 80.8 Å². The van der Waals surface area contributed by atoms with Gasteiger partial charge in [-0.3, -0.25) is 9.59 Å². The Morgan fingerprint density at radius 3 is 2.43 bits per heavy atom. The highest BCUT2D eigenvalue weighted by molar-refractivity contribution is 7.89. The monoisotopic (exact) mass is 313 g/mol. The van der Waals surface area contributed by atoms with Crippen LogP contribution in [0.3, 0.4) is 0 Å². The summed E-state index contributed by atoms with van der Waals surface area (Å²) >= 11 is 0. The number of benzene rings is 1. The van der Waals surface area contributed by atoms with Crippen LogP contribution in [0.4, 0.5) is 0 Å². The second-order valence-corrected chi connectivity index (χ2v) is 6.25. The largest absolute Gasteiger partial charge is 0.468 e. The Kier molecular flexibility index (Phi) is 6.04. The molecule has 7 heteroatoms. The number of esters is 1. The van der Waals surface area contributed by atoms with Crippen molar-refractivity contribution in [1.29, 1.82) is 0 Å². The van der Waals surface area contributed by atoms with Gasteiger partial charge in [0.25, 0.3) is 0 Å². The maximum Gasteiger partial charge on any atom is 0.321 e. The molecule has 1 aromatic rings. The van der Waals surface area contributed by atoms with E-state index in [1.54, 1.807) is 19.9 Å². The number of Topliss-reactive ketones (excluding diaryl/α,β-unsaturated/α-hetero) is 1. The highest BCUT2D eigenvalue weighted by atomic mass is 32.2. The van der Waals surface area contributed by atoms with E-state index in [4.69, 9.17) is 0 Å². The summed E-state index contributed by atoms with van der Waals surface area (Å²) in [4.78, 5) is 23.0. The van der Waals surface area contributed by atoms with Gasteiger partial charge >= 0.3 is 5.97 Å². The number of carbonyl (C=O) groups is 2. The first-order chi connectivity index (χ1) is 9.86. The van der Waals surface area contributed by atoms with Crippen molar-refractivity contribution in [3.05, 3.63) is 29.8 Å². The van der Waals surface area contributed by atoms with E-state index in [0.717, 1.165) is 4.31 Å². The SMILES string of the molecule is CCC(=O)c1cccc(S(=O)(=O)N(CC)CC(=O)OC)c1. The van der Waals surface area contributed by atoms with Crippen molar-refractivity contribution in [3.8, 4) is 0 Å². The van der Waals surface area contributed by atoms with Crippen LogP contribution in [0, 0.1) is 0 Å². The molecule has 116 valence electrons. The van der Waals surface area contributed by atoms with E-state index in [1.807, 2.05) is 0 Å². The maximum atomic E-state index is 12.5. The van der Waals surface area contributed by atoms with Crippen molar-refractivity contribution in [2.24, 2.45) is 0 Å². The third-order valence-electron chi connectivity index (χ3n) is 3.00. The summed E-state index contributed by atoms with van der Waals surface area (Å²) in [6.07, 6.45) is 0.295. The number of methoxy groups -OCH3 is 1. The van der Waals surface area contributed by atoms with Crippen molar-refractivity contribution in [3.63, 3.8) is 0 Å². The van der Waals surface area contributed by atoms with E-state index >= 15 is 0 Å².